The Morgan fingerprint density at radius 1 is 0.947 bits per heavy atom. The van der Waals surface area contributed by atoms with Crippen LogP contribution in [0, 0.1) is 0 Å². The Labute approximate surface area is 114 Å². The topological polar surface area (TPSA) is 24.1 Å². The Bertz CT molecular complexity index is 526. The van der Waals surface area contributed by atoms with Crippen molar-refractivity contribution in [3.8, 4) is 5.75 Å². The summed E-state index contributed by atoms with van der Waals surface area (Å²) in [5.74, 6) is 0.300. The van der Waals surface area contributed by atoms with Crippen LogP contribution in [0.5, 0.6) is 5.75 Å². The molecule has 1 aromatic heterocycles. The molecule has 0 aliphatic heterocycles. The number of rotatable bonds is 5. The van der Waals surface area contributed by atoms with Gasteiger partial charge in [-0.3, -0.25) is 0 Å². The van der Waals surface area contributed by atoms with E-state index in [1.807, 2.05) is 18.2 Å². The molecular weight excluding hydrogens is 234 g/mol. The van der Waals surface area contributed by atoms with Crippen LogP contribution in [0.2, 0.25) is 0 Å². The molecule has 2 aromatic rings. The molecule has 0 saturated carbocycles. The predicted molar refractivity (Wildman–Crippen MR) is 78.6 cm³/mol. The van der Waals surface area contributed by atoms with E-state index in [0.29, 0.717) is 5.75 Å². The van der Waals surface area contributed by atoms with Crippen molar-refractivity contribution in [3.05, 3.63) is 59.9 Å². The van der Waals surface area contributed by atoms with Crippen LogP contribution in [-0.4, -0.2) is 5.11 Å². The molecule has 98 valence electrons. The van der Waals surface area contributed by atoms with Crippen molar-refractivity contribution in [1.29, 1.82) is 0 Å². The van der Waals surface area contributed by atoms with Crippen molar-refractivity contribution in [1.82, 2.24) is 0 Å². The van der Waals surface area contributed by atoms with Crippen molar-refractivity contribution in [3.63, 3.8) is 0 Å². The summed E-state index contributed by atoms with van der Waals surface area (Å²) < 4.78 is 2.21. The lowest BCUT2D eigenvalue weighted by atomic mass is 10.1. The highest BCUT2D eigenvalue weighted by Crippen LogP contribution is 2.12. The molecule has 0 unspecified atom stereocenters. The first kappa shape index (κ1) is 13.3. The number of benzene rings is 1. The fourth-order valence-electron chi connectivity index (χ4n) is 1.85. The summed E-state index contributed by atoms with van der Waals surface area (Å²) in [5.41, 5.74) is 2.27. The Morgan fingerprint density at radius 2 is 1.53 bits per heavy atom. The Kier molecular flexibility index (Phi) is 4.73. The van der Waals surface area contributed by atoms with Gasteiger partial charge in [0.15, 0.2) is 12.4 Å². The second-order valence-corrected chi connectivity index (χ2v) is 4.65. The number of phenols is 1. The fraction of sp³-hybridized carbons (Fsp3) is 0.235. The lowest BCUT2D eigenvalue weighted by Crippen LogP contribution is -2.32. The summed E-state index contributed by atoms with van der Waals surface area (Å²) >= 11 is 0. The van der Waals surface area contributed by atoms with Crippen LogP contribution >= 0.6 is 0 Å². The molecule has 0 fully saturated rings. The van der Waals surface area contributed by atoms with Crippen molar-refractivity contribution in [2.24, 2.45) is 0 Å². The van der Waals surface area contributed by atoms with Gasteiger partial charge in [0.1, 0.15) is 12.3 Å². The summed E-state index contributed by atoms with van der Waals surface area (Å²) in [7, 11) is 0. The third kappa shape index (κ3) is 4.25. The lowest BCUT2D eigenvalue weighted by molar-refractivity contribution is -0.697. The average Bonchev–Trinajstić information content (AvgIpc) is 2.46. The van der Waals surface area contributed by atoms with Gasteiger partial charge in [-0.1, -0.05) is 37.6 Å². The highest BCUT2D eigenvalue weighted by molar-refractivity contribution is 5.69. The van der Waals surface area contributed by atoms with Gasteiger partial charge in [-0.15, -0.1) is 0 Å². The van der Waals surface area contributed by atoms with Crippen molar-refractivity contribution >= 4 is 12.2 Å². The van der Waals surface area contributed by atoms with Crippen molar-refractivity contribution in [2.75, 3.05) is 0 Å². The molecule has 0 bridgehead atoms. The highest BCUT2D eigenvalue weighted by Gasteiger charge is 1.98. The molecule has 0 amide bonds. The number of hydrogen-bond acceptors (Lipinski definition) is 1. The Balaban J connectivity index is 2.00. The molecule has 1 N–H and O–H groups in total. The number of nitrogens with zero attached hydrogens (tertiary/aromatic N) is 1. The van der Waals surface area contributed by atoms with Crippen LogP contribution in [0.4, 0.5) is 0 Å². The zero-order chi connectivity index (χ0) is 13.5. The van der Waals surface area contributed by atoms with E-state index in [1.165, 1.54) is 18.4 Å². The minimum absolute atomic E-state index is 0.300. The minimum Gasteiger partial charge on any atom is -0.508 e. The normalized spacial score (nSPS) is 11.0. The molecule has 1 heterocycles. The van der Waals surface area contributed by atoms with Crippen molar-refractivity contribution in [2.45, 2.75) is 26.3 Å². The SMILES string of the molecule is CCCC[n+]1ccc(/C=C/c2ccc(O)cc2)cc1. The Hall–Kier alpha value is -2.09. The Morgan fingerprint density at radius 3 is 2.11 bits per heavy atom. The van der Waals surface area contributed by atoms with Crippen LogP contribution in [0.3, 0.4) is 0 Å². The third-order valence-electron chi connectivity index (χ3n) is 3.05. The number of unbranched alkanes of at least 4 members (excludes halogenated alkanes) is 1. The molecule has 2 nitrogen and oxygen atoms in total. The summed E-state index contributed by atoms with van der Waals surface area (Å²) in [6.45, 7) is 3.29. The molecule has 0 saturated heterocycles. The second-order valence-electron chi connectivity index (χ2n) is 4.65. The van der Waals surface area contributed by atoms with Gasteiger partial charge >= 0.3 is 0 Å². The molecule has 19 heavy (non-hydrogen) atoms. The predicted octanol–water partition coefficient (Wildman–Crippen LogP) is 3.65. The number of aryl methyl sites for hydroxylation is 1. The summed E-state index contributed by atoms with van der Waals surface area (Å²) in [6, 6.07) is 11.4. The number of pyridine rings is 1. The molecule has 0 radical (unpaired) electrons. The van der Waals surface area contributed by atoms with E-state index in [2.05, 4.69) is 42.1 Å². The number of aromatic nitrogens is 1. The lowest BCUT2D eigenvalue weighted by Gasteiger charge is -1.97. The molecule has 2 heteroatoms. The average molecular weight is 254 g/mol. The summed E-state index contributed by atoms with van der Waals surface area (Å²) in [5, 5.41) is 9.22. The molecule has 0 aliphatic carbocycles. The van der Waals surface area contributed by atoms with Gasteiger partial charge in [0.05, 0.1) is 0 Å². The molecular formula is C17H20NO+. The van der Waals surface area contributed by atoms with Gasteiger partial charge in [0, 0.05) is 18.6 Å². The van der Waals surface area contributed by atoms with Crippen molar-refractivity contribution < 1.29 is 9.67 Å². The molecule has 0 aliphatic rings. The van der Waals surface area contributed by atoms with E-state index in [9.17, 15) is 5.11 Å². The zero-order valence-corrected chi connectivity index (χ0v) is 11.3. The van der Waals surface area contributed by atoms with E-state index in [-0.39, 0.29) is 0 Å². The number of aromatic hydroxyl groups is 1. The van der Waals surface area contributed by atoms with Gasteiger partial charge in [-0.25, -0.2) is 4.57 Å². The van der Waals surface area contributed by atoms with Gasteiger partial charge in [0.25, 0.3) is 0 Å². The smallest absolute Gasteiger partial charge is 0.169 e. The zero-order valence-electron chi connectivity index (χ0n) is 11.3. The first-order chi connectivity index (χ1) is 9.28. The maximum Gasteiger partial charge on any atom is 0.169 e. The number of hydrogen-bond donors (Lipinski definition) is 1. The molecule has 0 spiro atoms. The van der Waals surface area contributed by atoms with Crippen LogP contribution in [0.1, 0.15) is 30.9 Å². The van der Waals surface area contributed by atoms with Crippen LogP contribution < -0.4 is 4.57 Å². The first-order valence-electron chi connectivity index (χ1n) is 6.74. The number of phenolic OH excluding ortho intramolecular Hbond substituents is 1. The quantitative estimate of drug-likeness (QED) is 0.809. The summed E-state index contributed by atoms with van der Waals surface area (Å²) in [4.78, 5) is 0. The maximum absolute atomic E-state index is 9.22. The van der Waals surface area contributed by atoms with Crippen LogP contribution in [0.15, 0.2) is 48.8 Å². The monoisotopic (exact) mass is 254 g/mol. The fourth-order valence-corrected chi connectivity index (χ4v) is 1.85. The van der Waals surface area contributed by atoms with E-state index >= 15 is 0 Å². The molecule has 1 aromatic carbocycles. The highest BCUT2D eigenvalue weighted by atomic mass is 16.3. The molecule has 0 atom stereocenters. The van der Waals surface area contributed by atoms with Gasteiger partial charge in [0.2, 0.25) is 0 Å². The van der Waals surface area contributed by atoms with Gasteiger partial charge in [-0.2, -0.15) is 0 Å². The van der Waals surface area contributed by atoms with E-state index in [4.69, 9.17) is 0 Å². The summed E-state index contributed by atoms with van der Waals surface area (Å²) in [6.07, 6.45) is 10.8. The van der Waals surface area contributed by atoms with Gasteiger partial charge < -0.3 is 5.11 Å². The first-order valence-corrected chi connectivity index (χ1v) is 6.74. The van der Waals surface area contributed by atoms with Gasteiger partial charge in [-0.05, 0) is 23.3 Å². The van der Waals surface area contributed by atoms with Crippen LogP contribution in [0.25, 0.3) is 12.2 Å². The minimum atomic E-state index is 0.300. The largest absolute Gasteiger partial charge is 0.508 e. The van der Waals surface area contributed by atoms with E-state index in [1.54, 1.807) is 12.1 Å². The maximum atomic E-state index is 9.22. The van der Waals surface area contributed by atoms with E-state index in [0.717, 1.165) is 12.1 Å². The third-order valence-corrected chi connectivity index (χ3v) is 3.05. The molecule has 2 rings (SSSR count). The standard InChI is InChI=1S/C17H19NO/c1-2-3-12-18-13-10-16(11-14-18)5-4-15-6-8-17(19)9-7-15/h4-11,13-14H,2-3,12H2,1H3/p+1. The van der Waals surface area contributed by atoms with E-state index < -0.39 is 0 Å². The van der Waals surface area contributed by atoms with Crippen LogP contribution in [-0.2, 0) is 6.54 Å². The second kappa shape index (κ2) is 6.74.